The maximum atomic E-state index is 12.9. The average molecular weight is 299 g/mol. The van der Waals surface area contributed by atoms with Crippen LogP contribution in [0.15, 0.2) is 47.1 Å². The third kappa shape index (κ3) is 3.39. The number of furan rings is 1. The number of carbonyl (C=O) groups is 1. The topological polar surface area (TPSA) is 42.7 Å². The molecule has 0 aliphatic carbocycles. The predicted molar refractivity (Wildman–Crippen MR) is 83.6 cm³/mol. The van der Waals surface area contributed by atoms with Gasteiger partial charge in [0.15, 0.2) is 0 Å². The number of rotatable bonds is 4. The van der Waals surface area contributed by atoms with Crippen molar-refractivity contribution in [3.8, 4) is 0 Å². The lowest BCUT2D eigenvalue weighted by Crippen LogP contribution is -2.42. The van der Waals surface area contributed by atoms with Crippen LogP contribution in [-0.4, -0.2) is 30.1 Å². The summed E-state index contributed by atoms with van der Waals surface area (Å²) in [7, 11) is 0. The molecule has 1 aliphatic rings. The van der Waals surface area contributed by atoms with Gasteiger partial charge in [-0.3, -0.25) is 4.79 Å². The largest absolute Gasteiger partial charge is 0.467 e. The highest BCUT2D eigenvalue weighted by atomic mass is 16.5. The van der Waals surface area contributed by atoms with E-state index >= 15 is 0 Å². The predicted octanol–water partition coefficient (Wildman–Crippen LogP) is 3.41. The zero-order chi connectivity index (χ0) is 15.4. The van der Waals surface area contributed by atoms with E-state index in [4.69, 9.17) is 9.15 Å². The number of aryl methyl sites for hydroxylation is 1. The highest BCUT2D eigenvalue weighted by Crippen LogP contribution is 2.21. The third-order valence-corrected chi connectivity index (χ3v) is 4.10. The number of ether oxygens (including phenoxy) is 1. The van der Waals surface area contributed by atoms with E-state index in [1.807, 2.05) is 48.2 Å². The Morgan fingerprint density at radius 1 is 1.18 bits per heavy atom. The second-order valence-electron chi connectivity index (χ2n) is 5.72. The van der Waals surface area contributed by atoms with Gasteiger partial charge in [-0.15, -0.1) is 0 Å². The van der Waals surface area contributed by atoms with Crippen LogP contribution < -0.4 is 0 Å². The lowest BCUT2D eigenvalue weighted by atomic mass is 10.0. The van der Waals surface area contributed by atoms with E-state index in [-0.39, 0.29) is 11.9 Å². The van der Waals surface area contributed by atoms with Crippen LogP contribution in [-0.2, 0) is 11.3 Å². The minimum Gasteiger partial charge on any atom is -0.467 e. The van der Waals surface area contributed by atoms with Gasteiger partial charge in [0.1, 0.15) is 5.76 Å². The Morgan fingerprint density at radius 3 is 2.55 bits per heavy atom. The number of amides is 1. The Balaban J connectivity index is 1.82. The molecule has 4 nitrogen and oxygen atoms in total. The number of nitrogens with zero attached hydrogens (tertiary/aromatic N) is 1. The monoisotopic (exact) mass is 299 g/mol. The summed E-state index contributed by atoms with van der Waals surface area (Å²) in [5.41, 5.74) is 1.88. The summed E-state index contributed by atoms with van der Waals surface area (Å²) in [5, 5.41) is 0. The summed E-state index contributed by atoms with van der Waals surface area (Å²) in [6.07, 6.45) is 3.39. The maximum absolute atomic E-state index is 12.9. The van der Waals surface area contributed by atoms with Crippen molar-refractivity contribution in [1.82, 2.24) is 4.90 Å². The third-order valence-electron chi connectivity index (χ3n) is 4.10. The number of benzene rings is 1. The van der Waals surface area contributed by atoms with Crippen molar-refractivity contribution in [1.29, 1.82) is 0 Å². The minimum atomic E-state index is 0.0586. The molecular weight excluding hydrogens is 278 g/mol. The van der Waals surface area contributed by atoms with Gasteiger partial charge in [-0.05, 0) is 44.0 Å². The summed E-state index contributed by atoms with van der Waals surface area (Å²) in [5.74, 6) is 0.871. The van der Waals surface area contributed by atoms with Gasteiger partial charge in [-0.2, -0.15) is 0 Å². The normalized spacial score (nSPS) is 15.7. The second-order valence-corrected chi connectivity index (χ2v) is 5.72. The fourth-order valence-corrected chi connectivity index (χ4v) is 2.80. The molecule has 0 saturated carbocycles. The molecule has 1 aromatic carbocycles. The minimum absolute atomic E-state index is 0.0586. The van der Waals surface area contributed by atoms with Gasteiger partial charge >= 0.3 is 0 Å². The lowest BCUT2D eigenvalue weighted by molar-refractivity contribution is 0.0250. The Hall–Kier alpha value is -2.07. The molecule has 116 valence electrons. The van der Waals surface area contributed by atoms with Crippen LogP contribution in [0.5, 0.6) is 0 Å². The van der Waals surface area contributed by atoms with Gasteiger partial charge in [0.2, 0.25) is 0 Å². The molecule has 2 aromatic rings. The van der Waals surface area contributed by atoms with Gasteiger partial charge in [-0.1, -0.05) is 17.7 Å². The van der Waals surface area contributed by atoms with Crippen molar-refractivity contribution in [3.05, 3.63) is 59.5 Å². The van der Waals surface area contributed by atoms with E-state index < -0.39 is 0 Å². The fraction of sp³-hybridized carbons (Fsp3) is 0.389. The molecule has 0 spiro atoms. The van der Waals surface area contributed by atoms with Gasteiger partial charge in [0.05, 0.1) is 12.8 Å². The van der Waals surface area contributed by atoms with Crippen LogP contribution in [0, 0.1) is 6.92 Å². The van der Waals surface area contributed by atoms with E-state index in [1.54, 1.807) is 6.26 Å². The number of carbonyl (C=O) groups excluding carboxylic acids is 1. The Morgan fingerprint density at radius 2 is 1.91 bits per heavy atom. The highest BCUT2D eigenvalue weighted by molar-refractivity contribution is 5.94. The molecule has 1 saturated heterocycles. The molecule has 1 amide bonds. The van der Waals surface area contributed by atoms with Crippen molar-refractivity contribution in [3.63, 3.8) is 0 Å². The molecule has 22 heavy (non-hydrogen) atoms. The molecule has 1 fully saturated rings. The van der Waals surface area contributed by atoms with Crippen molar-refractivity contribution in [2.24, 2.45) is 0 Å². The van der Waals surface area contributed by atoms with Crippen molar-refractivity contribution in [2.45, 2.75) is 32.4 Å². The average Bonchev–Trinajstić information content (AvgIpc) is 3.07. The van der Waals surface area contributed by atoms with Gasteiger partial charge in [-0.25, -0.2) is 0 Å². The van der Waals surface area contributed by atoms with Crippen molar-refractivity contribution in [2.75, 3.05) is 13.2 Å². The fourth-order valence-electron chi connectivity index (χ4n) is 2.80. The molecule has 0 atom stereocenters. The molecule has 1 aliphatic heterocycles. The van der Waals surface area contributed by atoms with Gasteiger partial charge in [0, 0.05) is 24.8 Å². The van der Waals surface area contributed by atoms with E-state index in [0.717, 1.165) is 29.7 Å². The van der Waals surface area contributed by atoms with Gasteiger partial charge in [0.25, 0.3) is 5.91 Å². The first-order valence-electron chi connectivity index (χ1n) is 7.72. The van der Waals surface area contributed by atoms with Crippen LogP contribution >= 0.6 is 0 Å². The van der Waals surface area contributed by atoms with Crippen molar-refractivity contribution < 1.29 is 13.9 Å². The Bertz CT molecular complexity index is 598. The van der Waals surface area contributed by atoms with Crippen LogP contribution in [0.4, 0.5) is 0 Å². The molecular formula is C18H21NO3. The lowest BCUT2D eigenvalue weighted by Gasteiger charge is -2.34. The molecule has 0 N–H and O–H groups in total. The van der Waals surface area contributed by atoms with Crippen LogP contribution in [0.1, 0.15) is 34.5 Å². The quantitative estimate of drug-likeness (QED) is 0.869. The van der Waals surface area contributed by atoms with Crippen LogP contribution in [0.2, 0.25) is 0 Å². The molecule has 2 heterocycles. The SMILES string of the molecule is Cc1ccc(C(=O)N(Cc2ccco2)C2CCOCC2)cc1. The first kappa shape index (κ1) is 14.9. The van der Waals surface area contributed by atoms with E-state index in [9.17, 15) is 4.79 Å². The van der Waals surface area contributed by atoms with Gasteiger partial charge < -0.3 is 14.1 Å². The Labute approximate surface area is 130 Å². The summed E-state index contributed by atoms with van der Waals surface area (Å²) < 4.78 is 10.9. The molecule has 0 radical (unpaired) electrons. The van der Waals surface area contributed by atoms with Crippen molar-refractivity contribution >= 4 is 5.91 Å². The maximum Gasteiger partial charge on any atom is 0.254 e. The second kappa shape index (κ2) is 6.79. The molecule has 0 bridgehead atoms. The Kier molecular flexibility index (Phi) is 4.59. The van der Waals surface area contributed by atoms with E-state index in [2.05, 4.69) is 0 Å². The molecule has 1 aromatic heterocycles. The molecule has 3 rings (SSSR count). The highest BCUT2D eigenvalue weighted by Gasteiger charge is 2.27. The smallest absolute Gasteiger partial charge is 0.254 e. The number of hydrogen-bond acceptors (Lipinski definition) is 3. The van der Waals surface area contributed by atoms with E-state index in [0.29, 0.717) is 19.8 Å². The zero-order valence-electron chi connectivity index (χ0n) is 12.8. The first-order valence-corrected chi connectivity index (χ1v) is 7.72. The molecule has 0 unspecified atom stereocenters. The van der Waals surface area contributed by atoms with E-state index in [1.165, 1.54) is 0 Å². The standard InChI is InChI=1S/C18H21NO3/c1-14-4-6-15(7-5-14)18(20)19(13-17-3-2-10-22-17)16-8-11-21-12-9-16/h2-7,10,16H,8-9,11-13H2,1H3. The zero-order valence-corrected chi connectivity index (χ0v) is 12.8. The van der Waals surface area contributed by atoms with Crippen LogP contribution in [0.25, 0.3) is 0 Å². The first-order chi connectivity index (χ1) is 10.7. The summed E-state index contributed by atoms with van der Waals surface area (Å²) in [4.78, 5) is 14.8. The number of hydrogen-bond donors (Lipinski definition) is 0. The molecule has 4 heteroatoms. The summed E-state index contributed by atoms with van der Waals surface area (Å²) in [6.45, 7) is 3.94. The van der Waals surface area contributed by atoms with Crippen LogP contribution in [0.3, 0.4) is 0 Å². The summed E-state index contributed by atoms with van der Waals surface area (Å²) >= 11 is 0. The summed E-state index contributed by atoms with van der Waals surface area (Å²) in [6, 6.07) is 11.7.